The maximum atomic E-state index is 13.5. The van der Waals surface area contributed by atoms with Crippen molar-refractivity contribution < 1.29 is 4.39 Å². The van der Waals surface area contributed by atoms with Crippen molar-refractivity contribution in [3.63, 3.8) is 0 Å². The second kappa shape index (κ2) is 5.94. The molecule has 1 fully saturated rings. The van der Waals surface area contributed by atoms with Crippen LogP contribution in [0.25, 0.3) is 0 Å². The first-order valence-corrected chi connectivity index (χ1v) is 7.93. The van der Waals surface area contributed by atoms with Crippen LogP contribution in [0.1, 0.15) is 24.0 Å². The molecule has 0 amide bonds. The molecule has 3 rings (SSSR count). The van der Waals surface area contributed by atoms with E-state index < -0.39 is 0 Å². The number of nitrogens with one attached hydrogen (secondary N) is 1. The smallest absolute Gasteiger partial charge is 0.123 e. The zero-order chi connectivity index (χ0) is 13.9. The van der Waals surface area contributed by atoms with Gasteiger partial charge in [-0.25, -0.2) is 4.39 Å². The predicted molar refractivity (Wildman–Crippen MR) is 82.7 cm³/mol. The Morgan fingerprint density at radius 3 is 2.85 bits per heavy atom. The van der Waals surface area contributed by atoms with E-state index in [1.165, 1.54) is 18.4 Å². The van der Waals surface area contributed by atoms with Crippen molar-refractivity contribution in [1.82, 2.24) is 5.32 Å². The number of anilines is 1. The first-order chi connectivity index (χ1) is 9.78. The molecule has 106 valence electrons. The molecule has 0 saturated heterocycles. The van der Waals surface area contributed by atoms with Crippen LogP contribution < -0.4 is 10.2 Å². The van der Waals surface area contributed by atoms with E-state index in [1.54, 1.807) is 23.5 Å². The Morgan fingerprint density at radius 2 is 2.20 bits per heavy atom. The fourth-order valence-corrected chi connectivity index (χ4v) is 3.20. The molecule has 0 atom stereocenters. The van der Waals surface area contributed by atoms with Gasteiger partial charge in [-0.2, -0.15) is 11.3 Å². The minimum atomic E-state index is -0.162. The lowest BCUT2D eigenvalue weighted by Crippen LogP contribution is -2.26. The Morgan fingerprint density at radius 1 is 1.35 bits per heavy atom. The summed E-state index contributed by atoms with van der Waals surface area (Å²) < 4.78 is 13.5. The summed E-state index contributed by atoms with van der Waals surface area (Å²) in [6, 6.07) is 7.91. The Bertz CT molecular complexity index is 564. The first-order valence-electron chi connectivity index (χ1n) is 6.98. The Labute approximate surface area is 123 Å². The van der Waals surface area contributed by atoms with Crippen molar-refractivity contribution >= 4 is 17.0 Å². The number of halogens is 1. The van der Waals surface area contributed by atoms with Gasteiger partial charge in [0.25, 0.3) is 0 Å². The van der Waals surface area contributed by atoms with Gasteiger partial charge in [-0.3, -0.25) is 0 Å². The molecule has 0 aliphatic heterocycles. The van der Waals surface area contributed by atoms with Crippen molar-refractivity contribution in [2.45, 2.75) is 32.0 Å². The molecule has 20 heavy (non-hydrogen) atoms. The molecule has 0 unspecified atom stereocenters. The lowest BCUT2D eigenvalue weighted by molar-refractivity contribution is 0.622. The molecule has 1 heterocycles. The van der Waals surface area contributed by atoms with E-state index in [2.05, 4.69) is 27.0 Å². The van der Waals surface area contributed by atoms with Gasteiger partial charge in [0.2, 0.25) is 0 Å². The number of hydrogen-bond acceptors (Lipinski definition) is 3. The molecule has 2 aromatic rings. The number of nitrogens with zero attached hydrogens (tertiary/aromatic N) is 1. The monoisotopic (exact) mass is 290 g/mol. The number of rotatable bonds is 6. The summed E-state index contributed by atoms with van der Waals surface area (Å²) in [5.74, 6) is -0.162. The van der Waals surface area contributed by atoms with E-state index in [-0.39, 0.29) is 5.82 Å². The van der Waals surface area contributed by atoms with Gasteiger partial charge in [0.05, 0.1) is 0 Å². The van der Waals surface area contributed by atoms with Crippen molar-refractivity contribution in [3.8, 4) is 0 Å². The third-order valence-corrected chi connectivity index (χ3v) is 4.37. The van der Waals surface area contributed by atoms with Gasteiger partial charge in [0, 0.05) is 24.8 Å². The molecule has 1 saturated carbocycles. The average molecular weight is 290 g/mol. The molecule has 1 N–H and O–H groups in total. The molecule has 2 nitrogen and oxygen atoms in total. The van der Waals surface area contributed by atoms with Gasteiger partial charge in [0.1, 0.15) is 5.82 Å². The minimum Gasteiger partial charge on any atom is -0.364 e. The second-order valence-electron chi connectivity index (χ2n) is 5.29. The summed E-state index contributed by atoms with van der Waals surface area (Å²) in [6.45, 7) is 1.61. The Hall–Kier alpha value is -1.39. The van der Waals surface area contributed by atoms with Crippen LogP contribution in [-0.4, -0.2) is 13.1 Å². The highest BCUT2D eigenvalue weighted by Gasteiger charge is 2.30. The van der Waals surface area contributed by atoms with Crippen molar-refractivity contribution in [2.24, 2.45) is 0 Å². The van der Waals surface area contributed by atoms with Gasteiger partial charge in [0.15, 0.2) is 0 Å². The van der Waals surface area contributed by atoms with E-state index >= 15 is 0 Å². The SMILES string of the molecule is CNCc1cc(F)ccc1N(Cc1ccsc1)C1CC1. The number of hydrogen-bond donors (Lipinski definition) is 1. The highest BCUT2D eigenvalue weighted by Crippen LogP contribution is 2.35. The molecule has 4 heteroatoms. The van der Waals surface area contributed by atoms with E-state index in [1.807, 2.05) is 13.1 Å². The summed E-state index contributed by atoms with van der Waals surface area (Å²) in [7, 11) is 1.90. The average Bonchev–Trinajstić information content (AvgIpc) is 3.15. The van der Waals surface area contributed by atoms with Crippen LogP contribution >= 0.6 is 11.3 Å². The van der Waals surface area contributed by atoms with E-state index in [9.17, 15) is 4.39 Å². The summed E-state index contributed by atoms with van der Waals surface area (Å²) >= 11 is 1.73. The highest BCUT2D eigenvalue weighted by atomic mass is 32.1. The molecule has 0 bridgehead atoms. The maximum Gasteiger partial charge on any atom is 0.123 e. The summed E-state index contributed by atoms with van der Waals surface area (Å²) in [5, 5.41) is 7.44. The van der Waals surface area contributed by atoms with Gasteiger partial charge in [-0.15, -0.1) is 0 Å². The fraction of sp³-hybridized carbons (Fsp3) is 0.375. The highest BCUT2D eigenvalue weighted by molar-refractivity contribution is 7.07. The van der Waals surface area contributed by atoms with Crippen molar-refractivity contribution in [3.05, 3.63) is 52.0 Å². The fourth-order valence-electron chi connectivity index (χ4n) is 2.54. The largest absolute Gasteiger partial charge is 0.364 e. The lowest BCUT2D eigenvalue weighted by atomic mass is 10.1. The molecule has 1 aliphatic rings. The Kier molecular flexibility index (Phi) is 4.03. The molecular weight excluding hydrogens is 271 g/mol. The number of benzene rings is 1. The van der Waals surface area contributed by atoms with Crippen LogP contribution in [0.15, 0.2) is 35.0 Å². The van der Waals surface area contributed by atoms with Crippen LogP contribution in [0.3, 0.4) is 0 Å². The van der Waals surface area contributed by atoms with Crippen LogP contribution in [-0.2, 0) is 13.1 Å². The van der Waals surface area contributed by atoms with Gasteiger partial charge < -0.3 is 10.2 Å². The molecule has 0 radical (unpaired) electrons. The van der Waals surface area contributed by atoms with Gasteiger partial charge in [-0.05, 0) is 66.0 Å². The molecule has 1 aliphatic carbocycles. The first kappa shape index (κ1) is 13.6. The van der Waals surface area contributed by atoms with Crippen molar-refractivity contribution in [1.29, 1.82) is 0 Å². The second-order valence-corrected chi connectivity index (χ2v) is 6.07. The maximum absolute atomic E-state index is 13.5. The van der Waals surface area contributed by atoms with Gasteiger partial charge >= 0.3 is 0 Å². The van der Waals surface area contributed by atoms with E-state index in [0.717, 1.165) is 17.8 Å². The third-order valence-electron chi connectivity index (χ3n) is 3.64. The van der Waals surface area contributed by atoms with Crippen LogP contribution in [0, 0.1) is 5.82 Å². The molecular formula is C16H19FN2S. The van der Waals surface area contributed by atoms with Crippen molar-refractivity contribution in [2.75, 3.05) is 11.9 Å². The van der Waals surface area contributed by atoms with Crippen LogP contribution in [0.4, 0.5) is 10.1 Å². The van der Waals surface area contributed by atoms with E-state index in [4.69, 9.17) is 0 Å². The molecule has 1 aromatic carbocycles. The van der Waals surface area contributed by atoms with Crippen LogP contribution in [0.5, 0.6) is 0 Å². The predicted octanol–water partition coefficient (Wildman–Crippen LogP) is 3.78. The zero-order valence-corrected chi connectivity index (χ0v) is 12.4. The topological polar surface area (TPSA) is 15.3 Å². The van der Waals surface area contributed by atoms with Gasteiger partial charge in [-0.1, -0.05) is 0 Å². The van der Waals surface area contributed by atoms with E-state index in [0.29, 0.717) is 12.6 Å². The summed E-state index contributed by atoms with van der Waals surface area (Å²) in [5.41, 5.74) is 3.53. The third kappa shape index (κ3) is 3.02. The summed E-state index contributed by atoms with van der Waals surface area (Å²) in [6.07, 6.45) is 2.47. The number of thiophene rings is 1. The molecule has 1 aromatic heterocycles. The quantitative estimate of drug-likeness (QED) is 0.871. The standard InChI is InChI=1S/C16H19FN2S/c1-18-9-13-8-14(17)2-5-16(13)19(15-3-4-15)10-12-6-7-20-11-12/h2,5-8,11,15,18H,3-4,9-10H2,1H3. The summed E-state index contributed by atoms with van der Waals surface area (Å²) in [4.78, 5) is 2.42. The lowest BCUT2D eigenvalue weighted by Gasteiger charge is -2.27. The minimum absolute atomic E-state index is 0.162. The van der Waals surface area contributed by atoms with Crippen LogP contribution in [0.2, 0.25) is 0 Å². The Balaban J connectivity index is 1.90. The normalized spacial score (nSPS) is 14.5. The zero-order valence-electron chi connectivity index (χ0n) is 11.6. The molecule has 0 spiro atoms.